The summed E-state index contributed by atoms with van der Waals surface area (Å²) in [5.41, 5.74) is 2.84. The fourth-order valence-corrected chi connectivity index (χ4v) is 2.12. The highest BCUT2D eigenvalue weighted by Crippen LogP contribution is 2.40. The monoisotopic (exact) mass is 206 g/mol. The number of rotatable bonds is 0. The van der Waals surface area contributed by atoms with Crippen LogP contribution in [0.3, 0.4) is 0 Å². The molecule has 0 saturated heterocycles. The number of hydrogen-bond donors (Lipinski definition) is 0. The molecule has 1 aliphatic rings. The zero-order chi connectivity index (χ0) is 10.3. The predicted octanol–water partition coefficient (Wildman–Crippen LogP) is 3.51. The molecule has 0 fully saturated rings. The Morgan fingerprint density at radius 1 is 1.57 bits per heavy atom. The van der Waals surface area contributed by atoms with E-state index in [1.807, 2.05) is 6.07 Å². The maximum atomic E-state index is 6.95. The third-order valence-corrected chi connectivity index (χ3v) is 3.10. The minimum absolute atomic E-state index is 0.111. The van der Waals surface area contributed by atoms with Crippen molar-refractivity contribution in [3.63, 3.8) is 0 Å². The van der Waals surface area contributed by atoms with Crippen molar-refractivity contribution >= 4 is 17.3 Å². The second-order valence-electron chi connectivity index (χ2n) is 4.30. The van der Waals surface area contributed by atoms with Crippen molar-refractivity contribution in [2.75, 3.05) is 0 Å². The van der Waals surface area contributed by atoms with Gasteiger partial charge in [0.2, 0.25) is 5.69 Å². The molecule has 1 aromatic heterocycles. The molecule has 3 heteroatoms. The summed E-state index contributed by atoms with van der Waals surface area (Å²) in [6, 6.07) is 1.88. The first kappa shape index (κ1) is 9.48. The highest BCUT2D eigenvalue weighted by molar-refractivity contribution is 6.32. The lowest BCUT2D eigenvalue weighted by Gasteiger charge is -2.17. The average molecular weight is 207 g/mol. The van der Waals surface area contributed by atoms with E-state index in [9.17, 15) is 0 Å². The van der Waals surface area contributed by atoms with Crippen LogP contribution in [0, 0.1) is 6.57 Å². The van der Waals surface area contributed by atoms with Crippen LogP contribution in [-0.2, 0) is 11.8 Å². The molecule has 0 radical (unpaired) electrons. The Bertz CT molecular complexity index is 430. The number of aromatic nitrogens is 1. The third kappa shape index (κ3) is 1.29. The Kier molecular flexibility index (Phi) is 2.01. The minimum Gasteiger partial charge on any atom is -0.252 e. The Hall–Kier alpha value is -1.07. The van der Waals surface area contributed by atoms with Gasteiger partial charge < -0.3 is 0 Å². The van der Waals surface area contributed by atoms with Gasteiger partial charge in [-0.3, -0.25) is 4.98 Å². The Morgan fingerprint density at radius 3 is 2.93 bits per heavy atom. The van der Waals surface area contributed by atoms with Crippen LogP contribution < -0.4 is 0 Å². The summed E-state index contributed by atoms with van der Waals surface area (Å²) in [7, 11) is 0. The van der Waals surface area contributed by atoms with Crippen molar-refractivity contribution in [3.8, 4) is 0 Å². The highest BCUT2D eigenvalue weighted by atomic mass is 35.5. The highest BCUT2D eigenvalue weighted by Gasteiger charge is 2.32. The van der Waals surface area contributed by atoms with E-state index in [1.54, 1.807) is 0 Å². The molecule has 0 saturated carbocycles. The molecule has 0 unspecified atom stereocenters. The van der Waals surface area contributed by atoms with Crippen LogP contribution in [0.25, 0.3) is 4.85 Å². The Morgan fingerprint density at radius 2 is 2.29 bits per heavy atom. The number of hydrogen-bond acceptors (Lipinski definition) is 1. The van der Waals surface area contributed by atoms with Gasteiger partial charge in [0, 0.05) is 11.1 Å². The average Bonchev–Trinajstić information content (AvgIpc) is 2.42. The third-order valence-electron chi connectivity index (χ3n) is 2.82. The number of aryl methyl sites for hydroxylation is 1. The van der Waals surface area contributed by atoms with Crippen LogP contribution in [0.4, 0.5) is 5.69 Å². The molecule has 0 aliphatic heterocycles. The zero-order valence-electron chi connectivity index (χ0n) is 8.26. The molecule has 0 atom stereocenters. The second-order valence-corrected chi connectivity index (χ2v) is 4.66. The number of halogens is 1. The molecule has 2 rings (SSSR count). The summed E-state index contributed by atoms with van der Waals surface area (Å²) in [5, 5.41) is 0.341. The van der Waals surface area contributed by atoms with Gasteiger partial charge in [-0.2, -0.15) is 0 Å². The van der Waals surface area contributed by atoms with Crippen LogP contribution in [0.2, 0.25) is 5.15 Å². The molecule has 2 nitrogen and oxygen atoms in total. The maximum Gasteiger partial charge on any atom is 0.223 e. The van der Waals surface area contributed by atoms with Crippen LogP contribution in [0.15, 0.2) is 6.07 Å². The molecule has 14 heavy (non-hydrogen) atoms. The lowest BCUT2D eigenvalue weighted by atomic mass is 9.90. The fourth-order valence-electron chi connectivity index (χ4n) is 1.94. The molecule has 0 amide bonds. The van der Waals surface area contributed by atoms with E-state index in [0.717, 1.165) is 18.5 Å². The van der Waals surface area contributed by atoms with Crippen molar-refractivity contribution in [2.24, 2.45) is 0 Å². The van der Waals surface area contributed by atoms with Gasteiger partial charge in [-0.1, -0.05) is 25.4 Å². The lowest BCUT2D eigenvalue weighted by molar-refractivity contribution is 0.509. The van der Waals surface area contributed by atoms with Gasteiger partial charge in [-0.05, 0) is 24.5 Å². The van der Waals surface area contributed by atoms with Crippen molar-refractivity contribution in [1.29, 1.82) is 0 Å². The molecule has 0 aromatic carbocycles. The Labute approximate surface area is 88.7 Å². The standard InChI is InChI=1S/C11H11ClN2/c1-11(2)5-4-7-6-8(13-3)10(12)14-9(7)11/h6H,4-5H2,1-2H3. The Balaban J connectivity index is 2.62. The minimum atomic E-state index is 0.111. The number of pyridine rings is 1. The summed E-state index contributed by atoms with van der Waals surface area (Å²) >= 11 is 5.91. The quantitative estimate of drug-likeness (QED) is 0.469. The first-order valence-electron chi connectivity index (χ1n) is 4.62. The van der Waals surface area contributed by atoms with Gasteiger partial charge in [0.15, 0.2) is 0 Å². The van der Waals surface area contributed by atoms with E-state index >= 15 is 0 Å². The van der Waals surface area contributed by atoms with E-state index in [1.165, 1.54) is 5.56 Å². The normalized spacial score (nSPS) is 17.6. The van der Waals surface area contributed by atoms with Crippen LogP contribution >= 0.6 is 11.6 Å². The van der Waals surface area contributed by atoms with E-state index in [-0.39, 0.29) is 5.41 Å². The first-order valence-corrected chi connectivity index (χ1v) is 5.00. The molecular formula is C11H11ClN2. The van der Waals surface area contributed by atoms with Crippen molar-refractivity contribution < 1.29 is 0 Å². The smallest absolute Gasteiger partial charge is 0.223 e. The van der Waals surface area contributed by atoms with Crippen LogP contribution in [0.5, 0.6) is 0 Å². The van der Waals surface area contributed by atoms with Gasteiger partial charge in [0.25, 0.3) is 0 Å². The summed E-state index contributed by atoms with van der Waals surface area (Å²) in [6.45, 7) is 11.3. The predicted molar refractivity (Wildman–Crippen MR) is 56.9 cm³/mol. The fraction of sp³-hybridized carbons (Fsp3) is 0.455. The number of fused-ring (bicyclic) bond motifs is 1. The van der Waals surface area contributed by atoms with Gasteiger partial charge in [-0.15, -0.1) is 0 Å². The summed E-state index contributed by atoms with van der Waals surface area (Å²) < 4.78 is 0. The van der Waals surface area contributed by atoms with E-state index in [2.05, 4.69) is 23.7 Å². The molecule has 72 valence electrons. The second kappa shape index (κ2) is 2.96. The molecule has 1 aliphatic carbocycles. The molecule has 0 N–H and O–H groups in total. The van der Waals surface area contributed by atoms with Crippen molar-refractivity contribution in [1.82, 2.24) is 4.98 Å². The molecule has 1 aromatic rings. The first-order chi connectivity index (χ1) is 6.54. The summed E-state index contributed by atoms with van der Waals surface area (Å²) in [6.07, 6.45) is 2.10. The van der Waals surface area contributed by atoms with E-state index in [0.29, 0.717) is 10.8 Å². The van der Waals surface area contributed by atoms with Crippen LogP contribution in [-0.4, -0.2) is 4.98 Å². The molecular weight excluding hydrogens is 196 g/mol. The van der Waals surface area contributed by atoms with Gasteiger partial charge >= 0.3 is 0 Å². The van der Waals surface area contributed by atoms with Gasteiger partial charge in [0.1, 0.15) is 5.15 Å². The van der Waals surface area contributed by atoms with Crippen molar-refractivity contribution in [3.05, 3.63) is 33.9 Å². The molecule has 1 heterocycles. The lowest BCUT2D eigenvalue weighted by Crippen LogP contribution is -2.13. The van der Waals surface area contributed by atoms with E-state index in [4.69, 9.17) is 18.2 Å². The SMILES string of the molecule is [C-]#[N+]c1cc2c(nc1Cl)C(C)(C)CC2. The number of nitrogens with zero attached hydrogens (tertiary/aromatic N) is 2. The largest absolute Gasteiger partial charge is 0.252 e. The molecule has 0 bridgehead atoms. The van der Waals surface area contributed by atoms with E-state index < -0.39 is 0 Å². The summed E-state index contributed by atoms with van der Waals surface area (Å²) in [4.78, 5) is 7.68. The van der Waals surface area contributed by atoms with Gasteiger partial charge in [0.05, 0.1) is 6.57 Å². The van der Waals surface area contributed by atoms with Crippen molar-refractivity contribution in [2.45, 2.75) is 32.1 Å². The summed E-state index contributed by atoms with van der Waals surface area (Å²) in [5.74, 6) is 0. The van der Waals surface area contributed by atoms with Crippen LogP contribution in [0.1, 0.15) is 31.5 Å². The zero-order valence-corrected chi connectivity index (χ0v) is 9.02. The topological polar surface area (TPSA) is 17.2 Å². The van der Waals surface area contributed by atoms with Gasteiger partial charge in [-0.25, -0.2) is 4.85 Å². The molecule has 0 spiro atoms. The maximum absolute atomic E-state index is 6.95.